The average molecular weight is 196 g/mol. The van der Waals surface area contributed by atoms with Gasteiger partial charge in [0.1, 0.15) is 5.75 Å². The number of benzene rings is 1. The third-order valence-corrected chi connectivity index (χ3v) is 2.21. The molecule has 3 nitrogen and oxygen atoms in total. The highest BCUT2D eigenvalue weighted by atomic mass is 16.5. The molecule has 0 fully saturated rings. The van der Waals surface area contributed by atoms with Crippen LogP contribution < -0.4 is 4.74 Å². The summed E-state index contributed by atoms with van der Waals surface area (Å²) in [4.78, 5) is 0. The molecule has 3 heteroatoms. The fourth-order valence-electron chi connectivity index (χ4n) is 1.40. The van der Waals surface area contributed by atoms with Crippen LogP contribution in [-0.2, 0) is 0 Å². The Hall–Kier alpha value is -1.06. The summed E-state index contributed by atoms with van der Waals surface area (Å²) < 4.78 is 5.11. The molecule has 78 valence electrons. The van der Waals surface area contributed by atoms with Crippen molar-refractivity contribution in [3.05, 3.63) is 29.3 Å². The van der Waals surface area contributed by atoms with E-state index in [-0.39, 0.29) is 6.61 Å². The molecule has 0 radical (unpaired) electrons. The number of hydrogen-bond acceptors (Lipinski definition) is 3. The van der Waals surface area contributed by atoms with Gasteiger partial charge in [0.2, 0.25) is 0 Å². The Bertz CT molecular complexity index is 297. The van der Waals surface area contributed by atoms with E-state index in [9.17, 15) is 5.11 Å². The molecule has 0 aliphatic carbocycles. The molecule has 0 heterocycles. The Morgan fingerprint density at radius 2 is 2.14 bits per heavy atom. The van der Waals surface area contributed by atoms with Crippen molar-refractivity contribution in [2.45, 2.75) is 19.4 Å². The zero-order valence-corrected chi connectivity index (χ0v) is 8.53. The maximum atomic E-state index is 9.61. The summed E-state index contributed by atoms with van der Waals surface area (Å²) >= 11 is 0. The molecule has 0 aromatic heterocycles. The monoisotopic (exact) mass is 196 g/mol. The number of aryl methyl sites for hydroxylation is 1. The van der Waals surface area contributed by atoms with Gasteiger partial charge < -0.3 is 14.9 Å². The summed E-state index contributed by atoms with van der Waals surface area (Å²) in [6.45, 7) is 1.92. The smallest absolute Gasteiger partial charge is 0.121 e. The molecule has 1 atom stereocenters. The summed E-state index contributed by atoms with van der Waals surface area (Å²) in [6.07, 6.45) is -0.226. The summed E-state index contributed by atoms with van der Waals surface area (Å²) in [6, 6.07) is 5.51. The number of hydrogen-bond donors (Lipinski definition) is 2. The van der Waals surface area contributed by atoms with Gasteiger partial charge in [0, 0.05) is 13.0 Å². The third-order valence-electron chi connectivity index (χ3n) is 2.21. The quantitative estimate of drug-likeness (QED) is 0.765. The van der Waals surface area contributed by atoms with E-state index in [0.29, 0.717) is 6.42 Å². The maximum absolute atomic E-state index is 9.61. The Labute approximate surface area is 84.0 Å². The molecule has 2 N–H and O–H groups in total. The average Bonchev–Trinajstić information content (AvgIpc) is 2.18. The summed E-state index contributed by atoms with van der Waals surface area (Å²) in [5.41, 5.74) is 1.80. The minimum atomic E-state index is -0.593. The standard InChI is InChI=1S/C11H16O3/c1-8-7-9(10(13)5-6-12)3-4-11(8)14-2/h3-4,7,10,12-13H,5-6H2,1-2H3. The lowest BCUT2D eigenvalue weighted by Crippen LogP contribution is -2.00. The van der Waals surface area contributed by atoms with E-state index in [4.69, 9.17) is 9.84 Å². The molecule has 0 bridgehead atoms. The van der Waals surface area contributed by atoms with E-state index >= 15 is 0 Å². The molecule has 0 aliphatic heterocycles. The maximum Gasteiger partial charge on any atom is 0.121 e. The van der Waals surface area contributed by atoms with Crippen LogP contribution in [0.3, 0.4) is 0 Å². The molecule has 0 aliphatic rings. The highest BCUT2D eigenvalue weighted by Gasteiger charge is 2.08. The van der Waals surface area contributed by atoms with Gasteiger partial charge in [0.15, 0.2) is 0 Å². The molecular weight excluding hydrogens is 180 g/mol. The number of aliphatic hydroxyl groups is 2. The highest BCUT2D eigenvalue weighted by molar-refractivity contribution is 5.36. The zero-order valence-electron chi connectivity index (χ0n) is 8.53. The number of aliphatic hydroxyl groups excluding tert-OH is 2. The molecule has 0 saturated heterocycles. The van der Waals surface area contributed by atoms with Crippen molar-refractivity contribution >= 4 is 0 Å². The largest absolute Gasteiger partial charge is 0.496 e. The molecule has 0 saturated carbocycles. The van der Waals surface area contributed by atoms with E-state index in [2.05, 4.69) is 0 Å². The summed E-state index contributed by atoms with van der Waals surface area (Å²) in [5, 5.41) is 18.3. The molecule has 1 rings (SSSR count). The van der Waals surface area contributed by atoms with Crippen LogP contribution in [0.1, 0.15) is 23.7 Å². The number of ether oxygens (including phenoxy) is 1. The van der Waals surface area contributed by atoms with Crippen molar-refractivity contribution < 1.29 is 14.9 Å². The predicted molar refractivity (Wildman–Crippen MR) is 54.4 cm³/mol. The second-order valence-corrected chi connectivity index (χ2v) is 3.26. The van der Waals surface area contributed by atoms with Gasteiger partial charge in [-0.05, 0) is 30.2 Å². The number of methoxy groups -OCH3 is 1. The summed E-state index contributed by atoms with van der Waals surface area (Å²) in [5.74, 6) is 0.810. The van der Waals surface area contributed by atoms with Crippen molar-refractivity contribution in [1.29, 1.82) is 0 Å². The van der Waals surface area contributed by atoms with E-state index in [0.717, 1.165) is 16.9 Å². The topological polar surface area (TPSA) is 49.7 Å². The van der Waals surface area contributed by atoms with Crippen molar-refractivity contribution in [1.82, 2.24) is 0 Å². The normalized spacial score (nSPS) is 12.6. The van der Waals surface area contributed by atoms with Gasteiger partial charge in [-0.2, -0.15) is 0 Å². The van der Waals surface area contributed by atoms with Crippen molar-refractivity contribution in [2.24, 2.45) is 0 Å². The van der Waals surface area contributed by atoms with Crippen LogP contribution in [0.5, 0.6) is 5.75 Å². The lowest BCUT2D eigenvalue weighted by molar-refractivity contribution is 0.134. The highest BCUT2D eigenvalue weighted by Crippen LogP contribution is 2.23. The Morgan fingerprint density at radius 1 is 1.43 bits per heavy atom. The lowest BCUT2D eigenvalue weighted by Gasteiger charge is -2.11. The SMILES string of the molecule is COc1ccc(C(O)CCO)cc1C. The predicted octanol–water partition coefficient (Wildman–Crippen LogP) is 1.42. The molecule has 0 amide bonds. The second-order valence-electron chi connectivity index (χ2n) is 3.26. The van der Waals surface area contributed by atoms with Gasteiger partial charge in [-0.25, -0.2) is 0 Å². The van der Waals surface area contributed by atoms with E-state index in [1.807, 2.05) is 25.1 Å². The molecule has 0 spiro atoms. The Kier molecular flexibility index (Phi) is 3.92. The minimum absolute atomic E-state index is 0.00769. The molecule has 1 aromatic rings. The Morgan fingerprint density at radius 3 is 2.64 bits per heavy atom. The first kappa shape index (κ1) is 11.0. The molecule has 1 aromatic carbocycles. The van der Waals surface area contributed by atoms with Crippen molar-refractivity contribution in [2.75, 3.05) is 13.7 Å². The van der Waals surface area contributed by atoms with Crippen LogP contribution in [0.4, 0.5) is 0 Å². The lowest BCUT2D eigenvalue weighted by atomic mass is 10.0. The first-order chi connectivity index (χ1) is 6.69. The number of rotatable bonds is 4. The van der Waals surface area contributed by atoms with E-state index < -0.39 is 6.10 Å². The van der Waals surface area contributed by atoms with Crippen LogP contribution >= 0.6 is 0 Å². The molecule has 14 heavy (non-hydrogen) atoms. The van der Waals surface area contributed by atoms with Gasteiger partial charge in [-0.1, -0.05) is 6.07 Å². The Balaban J connectivity index is 2.85. The second kappa shape index (κ2) is 4.98. The summed E-state index contributed by atoms with van der Waals surface area (Å²) in [7, 11) is 1.62. The van der Waals surface area contributed by atoms with Gasteiger partial charge in [-0.3, -0.25) is 0 Å². The van der Waals surface area contributed by atoms with E-state index in [1.165, 1.54) is 0 Å². The molecular formula is C11H16O3. The van der Waals surface area contributed by atoms with E-state index in [1.54, 1.807) is 7.11 Å². The minimum Gasteiger partial charge on any atom is -0.496 e. The van der Waals surface area contributed by atoms with Crippen LogP contribution in [0.25, 0.3) is 0 Å². The fourth-order valence-corrected chi connectivity index (χ4v) is 1.40. The van der Waals surface area contributed by atoms with Crippen LogP contribution in [0.15, 0.2) is 18.2 Å². The zero-order chi connectivity index (χ0) is 10.6. The van der Waals surface area contributed by atoms with Crippen LogP contribution in [-0.4, -0.2) is 23.9 Å². The molecule has 1 unspecified atom stereocenters. The van der Waals surface area contributed by atoms with Crippen molar-refractivity contribution in [3.63, 3.8) is 0 Å². The third kappa shape index (κ3) is 2.47. The van der Waals surface area contributed by atoms with Gasteiger partial charge in [0.25, 0.3) is 0 Å². The first-order valence-corrected chi connectivity index (χ1v) is 4.62. The fraction of sp³-hybridized carbons (Fsp3) is 0.455. The van der Waals surface area contributed by atoms with Crippen LogP contribution in [0.2, 0.25) is 0 Å². The van der Waals surface area contributed by atoms with Gasteiger partial charge in [0.05, 0.1) is 13.2 Å². The van der Waals surface area contributed by atoms with Crippen molar-refractivity contribution in [3.8, 4) is 5.75 Å². The van der Waals surface area contributed by atoms with Gasteiger partial charge in [-0.15, -0.1) is 0 Å². The first-order valence-electron chi connectivity index (χ1n) is 4.62. The van der Waals surface area contributed by atoms with Crippen LogP contribution in [0, 0.1) is 6.92 Å². The van der Waals surface area contributed by atoms with Gasteiger partial charge >= 0.3 is 0 Å².